The second kappa shape index (κ2) is 4.95. The molecule has 0 fully saturated rings. The highest BCUT2D eigenvalue weighted by molar-refractivity contribution is 7.91. The lowest BCUT2D eigenvalue weighted by atomic mass is 10.1. The summed E-state index contributed by atoms with van der Waals surface area (Å²) in [5.74, 6) is 0. The van der Waals surface area contributed by atoms with Gasteiger partial charge in [0, 0.05) is 6.26 Å². The first-order valence-electron chi connectivity index (χ1n) is 4.90. The molecule has 0 saturated carbocycles. The second-order valence-corrected chi connectivity index (χ2v) is 6.17. The standard InChI is InChI=1S/C11H16O4S/c1-8-3-5-9(6-4-8)11(13)10(7-12)16(2,14)15/h3-6,10-13H,7H2,1-2H3/t10-,11-/m1/s1. The normalized spacial score (nSPS) is 15.8. The molecule has 90 valence electrons. The van der Waals surface area contributed by atoms with Crippen molar-refractivity contribution in [3.63, 3.8) is 0 Å². The van der Waals surface area contributed by atoms with Crippen LogP contribution in [0.2, 0.25) is 0 Å². The minimum absolute atomic E-state index is 0.495. The first-order chi connectivity index (χ1) is 7.36. The van der Waals surface area contributed by atoms with E-state index in [4.69, 9.17) is 5.11 Å². The minimum atomic E-state index is -3.47. The Balaban J connectivity index is 3.00. The summed E-state index contributed by atoms with van der Waals surface area (Å²) in [6.07, 6.45) is -0.189. The Bertz CT molecular complexity index is 436. The first kappa shape index (κ1) is 13.2. The Hall–Kier alpha value is -0.910. The predicted molar refractivity (Wildman–Crippen MR) is 61.9 cm³/mol. The fourth-order valence-corrected chi connectivity index (χ4v) is 2.34. The fourth-order valence-electron chi connectivity index (χ4n) is 1.45. The lowest BCUT2D eigenvalue weighted by molar-refractivity contribution is 0.138. The highest BCUT2D eigenvalue weighted by Gasteiger charge is 2.29. The number of hydrogen-bond acceptors (Lipinski definition) is 4. The number of hydrogen-bond donors (Lipinski definition) is 2. The Kier molecular flexibility index (Phi) is 4.07. The van der Waals surface area contributed by atoms with Crippen molar-refractivity contribution in [2.75, 3.05) is 12.9 Å². The Morgan fingerprint density at radius 3 is 2.12 bits per heavy atom. The molecule has 0 saturated heterocycles. The monoisotopic (exact) mass is 244 g/mol. The molecule has 0 aromatic heterocycles. The van der Waals surface area contributed by atoms with Gasteiger partial charge in [0.05, 0.1) is 12.7 Å². The SMILES string of the molecule is Cc1ccc([C@@H](O)[C@@H](CO)S(C)(=O)=O)cc1. The van der Waals surface area contributed by atoms with Gasteiger partial charge in [-0.1, -0.05) is 29.8 Å². The van der Waals surface area contributed by atoms with Gasteiger partial charge in [0.2, 0.25) is 0 Å². The zero-order valence-electron chi connectivity index (χ0n) is 9.29. The maximum atomic E-state index is 11.3. The third-order valence-electron chi connectivity index (χ3n) is 2.50. The number of aliphatic hydroxyl groups is 2. The molecular weight excluding hydrogens is 228 g/mol. The molecule has 0 amide bonds. The molecule has 5 heteroatoms. The summed E-state index contributed by atoms with van der Waals surface area (Å²) in [5, 5.41) is 17.7. The van der Waals surface area contributed by atoms with Gasteiger partial charge in [-0.2, -0.15) is 0 Å². The van der Waals surface area contributed by atoms with Crippen LogP contribution in [-0.2, 0) is 9.84 Å². The number of aliphatic hydroxyl groups excluding tert-OH is 2. The zero-order valence-corrected chi connectivity index (χ0v) is 10.1. The van der Waals surface area contributed by atoms with Crippen LogP contribution in [0.15, 0.2) is 24.3 Å². The summed E-state index contributed by atoms with van der Waals surface area (Å²) in [5.41, 5.74) is 1.52. The lowest BCUT2D eigenvalue weighted by Gasteiger charge is -2.19. The number of rotatable bonds is 4. The van der Waals surface area contributed by atoms with E-state index in [-0.39, 0.29) is 0 Å². The van der Waals surface area contributed by atoms with Crippen LogP contribution >= 0.6 is 0 Å². The average Bonchev–Trinajstić information content (AvgIpc) is 2.17. The van der Waals surface area contributed by atoms with Crippen LogP contribution in [0.4, 0.5) is 0 Å². The van der Waals surface area contributed by atoms with Crippen LogP contribution in [0.25, 0.3) is 0 Å². The molecule has 1 rings (SSSR count). The van der Waals surface area contributed by atoms with E-state index < -0.39 is 27.8 Å². The molecule has 0 radical (unpaired) electrons. The molecule has 0 spiro atoms. The van der Waals surface area contributed by atoms with E-state index in [0.717, 1.165) is 11.8 Å². The van der Waals surface area contributed by atoms with Crippen LogP contribution in [-0.4, -0.2) is 36.7 Å². The first-order valence-corrected chi connectivity index (χ1v) is 6.86. The van der Waals surface area contributed by atoms with Crippen molar-refractivity contribution in [3.05, 3.63) is 35.4 Å². The molecule has 0 aliphatic carbocycles. The molecular formula is C11H16O4S. The lowest BCUT2D eigenvalue weighted by Crippen LogP contribution is -2.31. The summed E-state index contributed by atoms with van der Waals surface area (Å²) in [6.45, 7) is 1.31. The van der Waals surface area contributed by atoms with E-state index in [1.165, 1.54) is 0 Å². The molecule has 0 aliphatic rings. The molecule has 1 aromatic rings. The topological polar surface area (TPSA) is 74.6 Å². The Labute approximate surface area is 95.5 Å². The molecule has 2 N–H and O–H groups in total. The van der Waals surface area contributed by atoms with Gasteiger partial charge in [-0.05, 0) is 12.5 Å². The van der Waals surface area contributed by atoms with Crippen LogP contribution in [0.3, 0.4) is 0 Å². The van der Waals surface area contributed by atoms with Gasteiger partial charge in [-0.15, -0.1) is 0 Å². The van der Waals surface area contributed by atoms with Gasteiger partial charge >= 0.3 is 0 Å². The van der Waals surface area contributed by atoms with Crippen molar-refractivity contribution in [2.24, 2.45) is 0 Å². The van der Waals surface area contributed by atoms with Crippen LogP contribution in [0.1, 0.15) is 17.2 Å². The Morgan fingerprint density at radius 1 is 1.25 bits per heavy atom. The maximum Gasteiger partial charge on any atom is 0.155 e. The highest BCUT2D eigenvalue weighted by atomic mass is 32.2. The summed E-state index contributed by atoms with van der Waals surface area (Å²) in [7, 11) is -3.47. The van der Waals surface area contributed by atoms with Crippen molar-refractivity contribution < 1.29 is 18.6 Å². The van der Waals surface area contributed by atoms with E-state index >= 15 is 0 Å². The van der Waals surface area contributed by atoms with E-state index in [9.17, 15) is 13.5 Å². The summed E-state index contributed by atoms with van der Waals surface area (Å²) in [4.78, 5) is 0. The zero-order chi connectivity index (χ0) is 12.3. The average molecular weight is 244 g/mol. The van der Waals surface area contributed by atoms with Crippen LogP contribution < -0.4 is 0 Å². The number of benzene rings is 1. The third-order valence-corrected chi connectivity index (χ3v) is 4.01. The van der Waals surface area contributed by atoms with Gasteiger partial charge in [0.1, 0.15) is 5.25 Å². The largest absolute Gasteiger partial charge is 0.395 e. The number of aryl methyl sites for hydroxylation is 1. The third kappa shape index (κ3) is 3.04. The molecule has 0 unspecified atom stereocenters. The number of sulfone groups is 1. The minimum Gasteiger partial charge on any atom is -0.395 e. The van der Waals surface area contributed by atoms with E-state index in [2.05, 4.69) is 0 Å². The predicted octanol–water partition coefficient (Wildman–Crippen LogP) is 0.434. The quantitative estimate of drug-likeness (QED) is 0.805. The van der Waals surface area contributed by atoms with Crippen molar-refractivity contribution >= 4 is 9.84 Å². The van der Waals surface area contributed by atoms with Crippen molar-refractivity contribution in [1.29, 1.82) is 0 Å². The molecule has 2 atom stereocenters. The van der Waals surface area contributed by atoms with E-state index in [0.29, 0.717) is 5.56 Å². The van der Waals surface area contributed by atoms with E-state index in [1.807, 2.05) is 6.92 Å². The van der Waals surface area contributed by atoms with Crippen LogP contribution in [0, 0.1) is 6.92 Å². The molecule has 0 aliphatic heterocycles. The highest BCUT2D eigenvalue weighted by Crippen LogP contribution is 2.21. The van der Waals surface area contributed by atoms with Gasteiger partial charge in [0.25, 0.3) is 0 Å². The van der Waals surface area contributed by atoms with Gasteiger partial charge < -0.3 is 10.2 Å². The fraction of sp³-hybridized carbons (Fsp3) is 0.455. The molecule has 0 bridgehead atoms. The van der Waals surface area contributed by atoms with Crippen molar-refractivity contribution in [3.8, 4) is 0 Å². The van der Waals surface area contributed by atoms with Gasteiger partial charge in [-0.25, -0.2) is 8.42 Å². The second-order valence-electron chi connectivity index (χ2n) is 3.91. The maximum absolute atomic E-state index is 11.3. The van der Waals surface area contributed by atoms with Crippen molar-refractivity contribution in [2.45, 2.75) is 18.3 Å². The van der Waals surface area contributed by atoms with Crippen LogP contribution in [0.5, 0.6) is 0 Å². The molecule has 1 aromatic carbocycles. The summed E-state index contributed by atoms with van der Waals surface area (Å²) < 4.78 is 22.6. The van der Waals surface area contributed by atoms with E-state index in [1.54, 1.807) is 24.3 Å². The summed E-state index contributed by atoms with van der Waals surface area (Å²) >= 11 is 0. The molecule has 0 heterocycles. The molecule has 16 heavy (non-hydrogen) atoms. The smallest absolute Gasteiger partial charge is 0.155 e. The molecule has 4 nitrogen and oxygen atoms in total. The van der Waals surface area contributed by atoms with Gasteiger partial charge in [0.15, 0.2) is 9.84 Å². The van der Waals surface area contributed by atoms with Gasteiger partial charge in [-0.3, -0.25) is 0 Å². The summed E-state index contributed by atoms with van der Waals surface area (Å²) in [6, 6.07) is 6.90. The van der Waals surface area contributed by atoms with Crippen molar-refractivity contribution in [1.82, 2.24) is 0 Å². The Morgan fingerprint density at radius 2 is 1.75 bits per heavy atom.